The molecule has 1 aliphatic heterocycles. The van der Waals surface area contributed by atoms with Crippen LogP contribution in [0, 0.1) is 25.1 Å². The Balaban J connectivity index is 0.000000414. The van der Waals surface area contributed by atoms with Crippen LogP contribution in [0.15, 0.2) is 42.5 Å². The van der Waals surface area contributed by atoms with Crippen molar-refractivity contribution in [3.8, 4) is 11.3 Å². The number of nitrogens with one attached hydrogen (secondary N) is 3. The summed E-state index contributed by atoms with van der Waals surface area (Å²) < 4.78 is 19.5. The normalized spacial score (nSPS) is 13.4. The molecule has 2 heterocycles. The number of hydrogen-bond donors (Lipinski definition) is 3. The Kier molecular flexibility index (Phi) is 9.41. The SMILES string of the molecule is CC(C)(C)CNC=O.Cc1cc(-c2cc(NC(=O)c3cc(F)cc(N4CCOCC4)c3)ccc2C)n[nH]1. The summed E-state index contributed by atoms with van der Waals surface area (Å²) in [4.78, 5) is 24.6. The molecule has 0 saturated carbocycles. The van der Waals surface area contributed by atoms with Crippen LogP contribution in [0.2, 0.25) is 0 Å². The van der Waals surface area contributed by atoms with Gasteiger partial charge in [-0.15, -0.1) is 0 Å². The first-order chi connectivity index (χ1) is 17.6. The minimum atomic E-state index is -0.435. The molecule has 0 radical (unpaired) electrons. The van der Waals surface area contributed by atoms with E-state index in [0.29, 0.717) is 37.7 Å². The Morgan fingerprint density at radius 1 is 1.14 bits per heavy atom. The lowest BCUT2D eigenvalue weighted by atomic mass is 9.97. The van der Waals surface area contributed by atoms with Gasteiger partial charge >= 0.3 is 0 Å². The molecule has 0 bridgehead atoms. The number of carbonyl (C=O) groups is 2. The third kappa shape index (κ3) is 8.42. The molecule has 1 saturated heterocycles. The van der Waals surface area contributed by atoms with Crippen molar-refractivity contribution in [2.45, 2.75) is 34.6 Å². The third-order valence-electron chi connectivity index (χ3n) is 5.71. The molecule has 0 spiro atoms. The van der Waals surface area contributed by atoms with E-state index in [1.165, 1.54) is 12.1 Å². The lowest BCUT2D eigenvalue weighted by Crippen LogP contribution is -2.36. The molecule has 0 atom stereocenters. The van der Waals surface area contributed by atoms with Crippen molar-refractivity contribution in [3.05, 3.63) is 65.1 Å². The number of carbonyl (C=O) groups excluding carboxylic acids is 2. The molecule has 2 amide bonds. The van der Waals surface area contributed by atoms with E-state index in [1.54, 1.807) is 6.07 Å². The number of amides is 2. The maximum Gasteiger partial charge on any atom is 0.255 e. The number of anilines is 2. The molecule has 3 aromatic rings. The Morgan fingerprint density at radius 2 is 1.86 bits per heavy atom. The number of hydrogen-bond acceptors (Lipinski definition) is 5. The molecule has 2 aromatic carbocycles. The lowest BCUT2D eigenvalue weighted by molar-refractivity contribution is -0.109. The number of halogens is 1. The van der Waals surface area contributed by atoms with Crippen molar-refractivity contribution in [2.75, 3.05) is 43.1 Å². The van der Waals surface area contributed by atoms with Crippen molar-refractivity contribution in [3.63, 3.8) is 0 Å². The first-order valence-corrected chi connectivity index (χ1v) is 12.3. The third-order valence-corrected chi connectivity index (χ3v) is 5.71. The van der Waals surface area contributed by atoms with Gasteiger partial charge in [0.05, 0.1) is 18.9 Å². The maximum atomic E-state index is 14.2. The molecule has 0 aliphatic carbocycles. The van der Waals surface area contributed by atoms with Gasteiger partial charge in [-0.25, -0.2) is 4.39 Å². The van der Waals surface area contributed by atoms with E-state index < -0.39 is 5.82 Å². The van der Waals surface area contributed by atoms with Gasteiger partial charge in [-0.05, 0) is 61.2 Å². The average Bonchev–Trinajstić information content (AvgIpc) is 3.30. The molecule has 3 N–H and O–H groups in total. The number of rotatable bonds is 6. The minimum Gasteiger partial charge on any atom is -0.378 e. The molecular weight excluding hydrogens is 473 g/mol. The van der Waals surface area contributed by atoms with Crippen molar-refractivity contribution < 1.29 is 18.7 Å². The predicted molar refractivity (Wildman–Crippen MR) is 144 cm³/mol. The fourth-order valence-corrected chi connectivity index (χ4v) is 3.79. The summed E-state index contributed by atoms with van der Waals surface area (Å²) in [7, 11) is 0. The smallest absolute Gasteiger partial charge is 0.255 e. The predicted octanol–water partition coefficient (Wildman–Crippen LogP) is 4.70. The van der Waals surface area contributed by atoms with Crippen molar-refractivity contribution in [1.82, 2.24) is 15.5 Å². The molecule has 0 unspecified atom stereocenters. The zero-order valence-corrected chi connectivity index (χ0v) is 22.2. The van der Waals surface area contributed by atoms with Crippen LogP contribution in [0.5, 0.6) is 0 Å². The Morgan fingerprint density at radius 3 is 2.46 bits per heavy atom. The molecule has 37 heavy (non-hydrogen) atoms. The van der Waals surface area contributed by atoms with Crippen LogP contribution in [-0.4, -0.2) is 55.4 Å². The summed E-state index contributed by atoms with van der Waals surface area (Å²) in [6.45, 7) is 13.4. The standard InChI is InChI=1S/C22H23FN4O2.C6H13NO/c1-14-3-4-18(13-20(14)21-9-15(2)25-26-21)24-22(28)16-10-17(23)12-19(11-16)27-5-7-29-8-6-27;1-6(2,3)4-7-5-8/h3-4,9-13H,5-8H2,1-2H3,(H,24,28)(H,25,26);5H,4H2,1-3H3,(H,7,8). The van der Waals surface area contributed by atoms with Crippen molar-refractivity contribution in [2.24, 2.45) is 5.41 Å². The molecule has 9 heteroatoms. The van der Waals surface area contributed by atoms with Gasteiger partial charge in [-0.3, -0.25) is 14.7 Å². The minimum absolute atomic E-state index is 0.209. The number of aromatic amines is 1. The molecule has 1 aliphatic rings. The Bertz CT molecular complexity index is 1210. The number of aromatic nitrogens is 2. The molecular formula is C28H36FN5O3. The van der Waals surface area contributed by atoms with Crippen LogP contribution >= 0.6 is 0 Å². The Hall–Kier alpha value is -3.72. The van der Waals surface area contributed by atoms with Gasteiger partial charge in [0, 0.05) is 47.8 Å². The topological polar surface area (TPSA) is 99.3 Å². The van der Waals surface area contributed by atoms with Crippen LogP contribution in [0.4, 0.5) is 15.8 Å². The lowest BCUT2D eigenvalue weighted by Gasteiger charge is -2.29. The number of ether oxygens (including phenoxy) is 1. The first kappa shape index (κ1) is 27.9. The summed E-state index contributed by atoms with van der Waals surface area (Å²) in [6, 6.07) is 12.0. The second-order valence-corrected chi connectivity index (χ2v) is 10.3. The zero-order chi connectivity index (χ0) is 27.0. The Labute approximate surface area is 217 Å². The van der Waals surface area contributed by atoms with Gasteiger partial charge in [0.25, 0.3) is 5.91 Å². The molecule has 198 valence electrons. The molecule has 4 rings (SSSR count). The van der Waals surface area contributed by atoms with Crippen LogP contribution in [-0.2, 0) is 9.53 Å². The number of aryl methyl sites for hydroxylation is 2. The van der Waals surface area contributed by atoms with Crippen LogP contribution < -0.4 is 15.5 Å². The van der Waals surface area contributed by atoms with Crippen molar-refractivity contribution in [1.29, 1.82) is 0 Å². The number of morpholine rings is 1. The largest absolute Gasteiger partial charge is 0.378 e. The molecule has 8 nitrogen and oxygen atoms in total. The summed E-state index contributed by atoms with van der Waals surface area (Å²) in [5.41, 5.74) is 5.57. The van der Waals surface area contributed by atoms with E-state index in [9.17, 15) is 14.0 Å². The van der Waals surface area contributed by atoms with Gasteiger partial charge in [-0.1, -0.05) is 26.8 Å². The van der Waals surface area contributed by atoms with E-state index in [0.717, 1.165) is 35.5 Å². The fourth-order valence-electron chi connectivity index (χ4n) is 3.79. The summed E-state index contributed by atoms with van der Waals surface area (Å²) >= 11 is 0. The highest BCUT2D eigenvalue weighted by molar-refractivity contribution is 6.05. The van der Waals surface area contributed by atoms with Gasteiger partial charge in [-0.2, -0.15) is 5.10 Å². The maximum absolute atomic E-state index is 14.2. The summed E-state index contributed by atoms with van der Waals surface area (Å²) in [5.74, 6) is -0.789. The second-order valence-electron chi connectivity index (χ2n) is 10.3. The quantitative estimate of drug-likeness (QED) is 0.419. The van der Waals surface area contributed by atoms with E-state index in [-0.39, 0.29) is 16.9 Å². The van der Waals surface area contributed by atoms with Crippen LogP contribution in [0.25, 0.3) is 11.3 Å². The van der Waals surface area contributed by atoms with Crippen LogP contribution in [0.1, 0.15) is 42.4 Å². The molecule has 1 fully saturated rings. The summed E-state index contributed by atoms with van der Waals surface area (Å²) in [6.07, 6.45) is 0.727. The van der Waals surface area contributed by atoms with E-state index in [2.05, 4.69) is 41.6 Å². The van der Waals surface area contributed by atoms with Crippen molar-refractivity contribution >= 4 is 23.7 Å². The van der Waals surface area contributed by atoms with Gasteiger partial charge in [0.15, 0.2) is 0 Å². The number of nitrogens with zero attached hydrogens (tertiary/aromatic N) is 2. The van der Waals surface area contributed by atoms with E-state index in [4.69, 9.17) is 4.74 Å². The van der Waals surface area contributed by atoms with Gasteiger partial charge < -0.3 is 20.3 Å². The highest BCUT2D eigenvalue weighted by atomic mass is 19.1. The highest BCUT2D eigenvalue weighted by Crippen LogP contribution is 2.26. The highest BCUT2D eigenvalue weighted by Gasteiger charge is 2.16. The number of benzene rings is 2. The first-order valence-electron chi connectivity index (χ1n) is 12.3. The average molecular weight is 510 g/mol. The molecule has 1 aromatic heterocycles. The van der Waals surface area contributed by atoms with E-state index in [1.807, 2.05) is 43.0 Å². The van der Waals surface area contributed by atoms with Gasteiger partial charge in [0.2, 0.25) is 6.41 Å². The fraction of sp³-hybridized carbons (Fsp3) is 0.393. The van der Waals surface area contributed by atoms with Crippen LogP contribution in [0.3, 0.4) is 0 Å². The monoisotopic (exact) mass is 509 g/mol. The number of H-pyrrole nitrogens is 1. The summed E-state index contributed by atoms with van der Waals surface area (Å²) in [5, 5.41) is 12.7. The second kappa shape index (κ2) is 12.5. The van der Waals surface area contributed by atoms with Gasteiger partial charge in [0.1, 0.15) is 5.82 Å². The van der Waals surface area contributed by atoms with E-state index >= 15 is 0 Å². The zero-order valence-electron chi connectivity index (χ0n) is 22.2.